The second kappa shape index (κ2) is 7.77. The number of nitrogens with one attached hydrogen (secondary N) is 2. The van der Waals surface area contributed by atoms with Gasteiger partial charge in [0, 0.05) is 11.7 Å². The summed E-state index contributed by atoms with van der Waals surface area (Å²) in [5, 5.41) is 6.38. The smallest absolute Gasteiger partial charge is 0.238 e. The Bertz CT molecular complexity index is 465. The normalized spacial score (nSPS) is 17.0. The second-order valence-electron chi connectivity index (χ2n) is 7.44. The van der Waals surface area contributed by atoms with Gasteiger partial charge in [0.2, 0.25) is 5.91 Å². The minimum absolute atomic E-state index is 0.0488. The van der Waals surface area contributed by atoms with Gasteiger partial charge in [-0.25, -0.2) is 0 Å². The Hall–Kier alpha value is -1.35. The average molecular weight is 302 g/mol. The predicted octanol–water partition coefficient (Wildman–Crippen LogP) is 4.24. The molecule has 3 nitrogen and oxygen atoms in total. The summed E-state index contributed by atoms with van der Waals surface area (Å²) in [6, 6.07) is 8.67. The van der Waals surface area contributed by atoms with E-state index in [0.29, 0.717) is 12.6 Å². The zero-order chi connectivity index (χ0) is 16.0. The molecule has 1 amide bonds. The Morgan fingerprint density at radius 3 is 2.18 bits per heavy atom. The van der Waals surface area contributed by atoms with Gasteiger partial charge in [0.1, 0.15) is 0 Å². The van der Waals surface area contributed by atoms with Gasteiger partial charge in [-0.05, 0) is 36.0 Å². The van der Waals surface area contributed by atoms with Crippen molar-refractivity contribution in [1.82, 2.24) is 5.32 Å². The van der Waals surface area contributed by atoms with E-state index in [1.54, 1.807) is 0 Å². The summed E-state index contributed by atoms with van der Waals surface area (Å²) in [5.74, 6) is 0.0488. The Morgan fingerprint density at radius 2 is 1.64 bits per heavy atom. The van der Waals surface area contributed by atoms with Crippen molar-refractivity contribution in [1.29, 1.82) is 0 Å². The largest absolute Gasteiger partial charge is 0.325 e. The van der Waals surface area contributed by atoms with E-state index in [-0.39, 0.29) is 11.3 Å². The minimum atomic E-state index is 0.0488. The summed E-state index contributed by atoms with van der Waals surface area (Å²) in [6.07, 6.45) is 7.65. The third-order valence-electron chi connectivity index (χ3n) is 4.44. The fraction of sp³-hybridized carbons (Fsp3) is 0.632. The first-order chi connectivity index (χ1) is 10.4. The standard InChI is InChI=1S/C19H30N2O/c1-19(2,3)15-10-12-17(13-11-15)21-18(22)14-20-16-8-6-4-5-7-9-16/h10-13,16,20H,4-9,14H2,1-3H3,(H,21,22). The monoisotopic (exact) mass is 302 g/mol. The van der Waals surface area contributed by atoms with E-state index in [0.717, 1.165) is 5.69 Å². The molecule has 0 unspecified atom stereocenters. The van der Waals surface area contributed by atoms with Crippen LogP contribution in [-0.4, -0.2) is 18.5 Å². The van der Waals surface area contributed by atoms with E-state index < -0.39 is 0 Å². The molecule has 22 heavy (non-hydrogen) atoms. The number of carbonyl (C=O) groups is 1. The molecule has 0 atom stereocenters. The van der Waals surface area contributed by atoms with Crippen molar-refractivity contribution in [2.24, 2.45) is 0 Å². The van der Waals surface area contributed by atoms with E-state index in [1.807, 2.05) is 12.1 Å². The molecule has 122 valence electrons. The van der Waals surface area contributed by atoms with Gasteiger partial charge in [-0.2, -0.15) is 0 Å². The van der Waals surface area contributed by atoms with Crippen molar-refractivity contribution in [3.05, 3.63) is 29.8 Å². The molecule has 1 aromatic carbocycles. The third-order valence-corrected chi connectivity index (χ3v) is 4.44. The number of hydrogen-bond acceptors (Lipinski definition) is 2. The molecule has 0 aromatic heterocycles. The first-order valence-electron chi connectivity index (χ1n) is 8.59. The SMILES string of the molecule is CC(C)(C)c1ccc(NC(=O)CNC2CCCCCC2)cc1. The summed E-state index contributed by atoms with van der Waals surface area (Å²) in [6.45, 7) is 6.98. The molecular formula is C19H30N2O. The van der Waals surface area contributed by atoms with Crippen LogP contribution < -0.4 is 10.6 Å². The van der Waals surface area contributed by atoms with Gasteiger partial charge >= 0.3 is 0 Å². The number of carbonyl (C=O) groups excluding carboxylic acids is 1. The van der Waals surface area contributed by atoms with Crippen LogP contribution in [0.1, 0.15) is 64.9 Å². The Morgan fingerprint density at radius 1 is 1.05 bits per heavy atom. The summed E-state index contributed by atoms with van der Waals surface area (Å²) in [5.41, 5.74) is 2.30. The first-order valence-corrected chi connectivity index (χ1v) is 8.59. The first kappa shape index (κ1) is 17.0. The molecule has 3 heteroatoms. The summed E-state index contributed by atoms with van der Waals surface area (Å²) >= 11 is 0. The van der Waals surface area contributed by atoms with Crippen LogP contribution in [-0.2, 0) is 10.2 Å². The van der Waals surface area contributed by atoms with Gasteiger partial charge in [-0.1, -0.05) is 58.6 Å². The van der Waals surface area contributed by atoms with Gasteiger partial charge in [0.15, 0.2) is 0 Å². The number of benzene rings is 1. The Kier molecular flexibility index (Phi) is 6.01. The van der Waals surface area contributed by atoms with E-state index in [9.17, 15) is 4.79 Å². The quantitative estimate of drug-likeness (QED) is 0.817. The highest BCUT2D eigenvalue weighted by molar-refractivity contribution is 5.92. The van der Waals surface area contributed by atoms with Crippen LogP contribution in [0, 0.1) is 0 Å². The van der Waals surface area contributed by atoms with Crippen molar-refractivity contribution in [2.75, 3.05) is 11.9 Å². The number of hydrogen-bond donors (Lipinski definition) is 2. The fourth-order valence-corrected chi connectivity index (χ4v) is 2.98. The number of anilines is 1. The maximum absolute atomic E-state index is 12.0. The topological polar surface area (TPSA) is 41.1 Å². The number of rotatable bonds is 4. The molecule has 1 saturated carbocycles. The van der Waals surface area contributed by atoms with Crippen molar-refractivity contribution in [2.45, 2.75) is 70.8 Å². The van der Waals surface area contributed by atoms with Crippen LogP contribution in [0.3, 0.4) is 0 Å². The molecule has 2 rings (SSSR count). The van der Waals surface area contributed by atoms with Crippen molar-refractivity contribution in [3.63, 3.8) is 0 Å². The van der Waals surface area contributed by atoms with Gasteiger partial charge in [-0.3, -0.25) is 4.79 Å². The molecule has 0 saturated heterocycles. The lowest BCUT2D eigenvalue weighted by Crippen LogP contribution is -2.35. The van der Waals surface area contributed by atoms with E-state index >= 15 is 0 Å². The molecule has 1 aromatic rings. The zero-order valence-corrected chi connectivity index (χ0v) is 14.2. The molecule has 2 N–H and O–H groups in total. The van der Waals surface area contributed by atoms with Gasteiger partial charge in [0.25, 0.3) is 0 Å². The maximum Gasteiger partial charge on any atom is 0.238 e. The molecule has 0 bridgehead atoms. The highest BCUT2D eigenvalue weighted by Crippen LogP contribution is 2.23. The van der Waals surface area contributed by atoms with Crippen LogP contribution in [0.5, 0.6) is 0 Å². The van der Waals surface area contributed by atoms with Crippen molar-refractivity contribution in [3.8, 4) is 0 Å². The highest BCUT2D eigenvalue weighted by atomic mass is 16.1. The molecule has 1 aliphatic rings. The maximum atomic E-state index is 12.0. The second-order valence-corrected chi connectivity index (χ2v) is 7.44. The van der Waals surface area contributed by atoms with E-state index in [2.05, 4.69) is 43.5 Å². The van der Waals surface area contributed by atoms with Crippen molar-refractivity contribution < 1.29 is 4.79 Å². The highest BCUT2D eigenvalue weighted by Gasteiger charge is 2.14. The zero-order valence-electron chi connectivity index (χ0n) is 14.2. The van der Waals surface area contributed by atoms with Crippen LogP contribution in [0.15, 0.2) is 24.3 Å². The minimum Gasteiger partial charge on any atom is -0.325 e. The van der Waals surface area contributed by atoms with E-state index in [4.69, 9.17) is 0 Å². The molecule has 0 aliphatic heterocycles. The molecule has 1 aliphatic carbocycles. The molecule has 0 heterocycles. The Balaban J connectivity index is 1.79. The van der Waals surface area contributed by atoms with Gasteiger partial charge in [-0.15, -0.1) is 0 Å². The predicted molar refractivity (Wildman–Crippen MR) is 93.3 cm³/mol. The van der Waals surface area contributed by atoms with Gasteiger partial charge < -0.3 is 10.6 Å². The Labute approximate surface area is 134 Å². The summed E-state index contributed by atoms with van der Waals surface area (Å²) in [7, 11) is 0. The van der Waals surface area contributed by atoms with Crippen LogP contribution in [0.25, 0.3) is 0 Å². The lowest BCUT2D eigenvalue weighted by molar-refractivity contribution is -0.115. The molecule has 1 fully saturated rings. The lowest BCUT2D eigenvalue weighted by Gasteiger charge is -2.19. The lowest BCUT2D eigenvalue weighted by atomic mass is 9.87. The van der Waals surface area contributed by atoms with Gasteiger partial charge in [0.05, 0.1) is 6.54 Å². The number of amides is 1. The molecular weight excluding hydrogens is 272 g/mol. The molecule has 0 spiro atoms. The summed E-state index contributed by atoms with van der Waals surface area (Å²) < 4.78 is 0. The average Bonchev–Trinajstić information content (AvgIpc) is 2.73. The summed E-state index contributed by atoms with van der Waals surface area (Å²) in [4.78, 5) is 12.0. The van der Waals surface area contributed by atoms with Crippen LogP contribution in [0.2, 0.25) is 0 Å². The van der Waals surface area contributed by atoms with Crippen LogP contribution >= 0.6 is 0 Å². The molecule has 0 radical (unpaired) electrons. The fourth-order valence-electron chi connectivity index (χ4n) is 2.98. The van der Waals surface area contributed by atoms with Crippen molar-refractivity contribution >= 4 is 11.6 Å². The van der Waals surface area contributed by atoms with Crippen LogP contribution in [0.4, 0.5) is 5.69 Å². The third kappa shape index (κ3) is 5.45. The van der Waals surface area contributed by atoms with E-state index in [1.165, 1.54) is 44.1 Å².